The average Bonchev–Trinajstić information content (AvgIpc) is 3.78. The van der Waals surface area contributed by atoms with Crippen LogP contribution in [0.25, 0.3) is 0 Å². The molecule has 4 aliphatic rings. The van der Waals surface area contributed by atoms with Crippen molar-refractivity contribution in [2.75, 3.05) is 6.54 Å². The summed E-state index contributed by atoms with van der Waals surface area (Å²) in [7, 11) is 0. The third-order valence-electron chi connectivity index (χ3n) is 8.86. The molecule has 5 rings (SSSR count). The number of primary amides is 1. The zero-order valence-electron chi connectivity index (χ0n) is 27.1. The Labute approximate surface area is 287 Å². The van der Waals surface area contributed by atoms with E-state index in [9.17, 15) is 41.0 Å². The van der Waals surface area contributed by atoms with Gasteiger partial charge in [-0.25, -0.2) is 13.2 Å². The molecule has 3 aliphatic carbocycles. The summed E-state index contributed by atoms with van der Waals surface area (Å²) in [6, 6.07) is 0.363. The molecule has 7 N–H and O–H groups in total. The molecule has 0 aromatic heterocycles. The van der Waals surface area contributed by atoms with Gasteiger partial charge in [0.05, 0.1) is 35.6 Å². The molecule has 2 unspecified atom stereocenters. The largest absolute Gasteiger partial charge is 0.433 e. The first-order valence-corrected chi connectivity index (χ1v) is 15.7. The van der Waals surface area contributed by atoms with Gasteiger partial charge >= 0.3 is 6.18 Å². The number of dihydropyridines is 1. The van der Waals surface area contributed by atoms with Crippen molar-refractivity contribution in [3.05, 3.63) is 93.6 Å². The van der Waals surface area contributed by atoms with E-state index in [4.69, 9.17) is 11.1 Å². The molecular weight excluding hydrogens is 690 g/mol. The lowest BCUT2D eigenvalue weighted by atomic mass is 9.79. The van der Waals surface area contributed by atoms with Crippen LogP contribution in [0.15, 0.2) is 76.4 Å². The number of carbonyl (C=O) groups excluding carboxylic acids is 2. The first-order chi connectivity index (χ1) is 23.7. The van der Waals surface area contributed by atoms with Crippen molar-refractivity contribution in [3.63, 3.8) is 0 Å². The molecule has 0 bridgehead atoms. The molecule has 1 aromatic carbocycles. The Morgan fingerprint density at radius 1 is 1.14 bits per heavy atom. The maximum Gasteiger partial charge on any atom is 0.433 e. The standard InChI is InChI=1S/C35H33F8N5O3/c1-33(2,51)8-7-20-4-5-21(17-3-6-25(38)23(12-17)32(45)50)29(47-20)26(11-16-9-18(36)13-19(37)10-16)48-27(49)15-46-31-28(30(44)35(41,42)43)22-14-24(22)34(31,39)40/h3-6,9-10,13,17,22,24,26,29,44,46-47,51H,11-12,14-15H2,1-2H3,(H2,45,50)(H,48,49)/t17?,22-,24+,26-,29?/m0/s1. The van der Waals surface area contributed by atoms with Crippen LogP contribution in [0.3, 0.4) is 0 Å². The van der Waals surface area contributed by atoms with Gasteiger partial charge in [0, 0.05) is 23.5 Å². The van der Waals surface area contributed by atoms with Crippen molar-refractivity contribution < 1.29 is 49.8 Å². The summed E-state index contributed by atoms with van der Waals surface area (Å²) in [6.45, 7) is 1.87. The summed E-state index contributed by atoms with van der Waals surface area (Å²) < 4.78 is 113. The number of hydrogen-bond donors (Lipinski definition) is 6. The first kappa shape index (κ1) is 37.3. The number of alkyl halides is 5. The van der Waals surface area contributed by atoms with Gasteiger partial charge < -0.3 is 26.8 Å². The van der Waals surface area contributed by atoms with Gasteiger partial charge in [-0.05, 0) is 80.4 Å². The molecule has 1 saturated carbocycles. The fourth-order valence-corrected chi connectivity index (χ4v) is 6.50. The first-order valence-electron chi connectivity index (χ1n) is 15.7. The van der Waals surface area contributed by atoms with Crippen LogP contribution in [0, 0.1) is 46.6 Å². The predicted octanol–water partition coefficient (Wildman–Crippen LogP) is 4.54. The van der Waals surface area contributed by atoms with E-state index in [0.29, 0.717) is 11.6 Å². The number of aliphatic hydroxyl groups is 1. The number of fused-ring (bicyclic) bond motifs is 1. The Kier molecular flexibility index (Phi) is 10.0. The lowest BCUT2D eigenvalue weighted by Crippen LogP contribution is -2.55. The summed E-state index contributed by atoms with van der Waals surface area (Å²) in [6.07, 6.45) is -0.437. The Morgan fingerprint density at radius 2 is 1.80 bits per heavy atom. The van der Waals surface area contributed by atoms with Crippen molar-refractivity contribution >= 4 is 17.5 Å². The van der Waals surface area contributed by atoms with Gasteiger partial charge in [0.25, 0.3) is 5.92 Å². The second kappa shape index (κ2) is 13.7. The van der Waals surface area contributed by atoms with Crippen LogP contribution in [0.4, 0.5) is 35.1 Å². The number of allylic oxidation sites excluding steroid dienone is 8. The molecule has 8 nitrogen and oxygen atoms in total. The van der Waals surface area contributed by atoms with Gasteiger partial charge in [0.2, 0.25) is 11.8 Å². The molecular formula is C35H33F8N5O3. The summed E-state index contributed by atoms with van der Waals surface area (Å²) in [5.41, 5.74) is 0.259. The highest BCUT2D eigenvalue weighted by Gasteiger charge is 2.67. The maximum atomic E-state index is 15.1. The van der Waals surface area contributed by atoms with E-state index in [0.717, 1.165) is 18.2 Å². The Hall–Kier alpha value is -4.91. The second-order valence-electron chi connectivity index (χ2n) is 13.3. The Morgan fingerprint density at radius 3 is 2.41 bits per heavy atom. The Balaban J connectivity index is 1.49. The van der Waals surface area contributed by atoms with Crippen molar-refractivity contribution in [3.8, 4) is 11.8 Å². The van der Waals surface area contributed by atoms with Crippen molar-refractivity contribution in [1.82, 2.24) is 16.0 Å². The number of halogens is 8. The molecule has 51 heavy (non-hydrogen) atoms. The minimum atomic E-state index is -5.21. The van der Waals surface area contributed by atoms with Gasteiger partial charge in [0.15, 0.2) is 0 Å². The number of carbonyl (C=O) groups is 2. The molecule has 1 fully saturated rings. The van der Waals surface area contributed by atoms with Crippen molar-refractivity contribution in [2.45, 2.75) is 62.9 Å². The van der Waals surface area contributed by atoms with E-state index < -0.39 is 100 Å². The number of nitrogens with two attached hydrogens (primary N) is 1. The SMILES string of the molecule is CC(C)(O)C#CC1=CC=C(C2C=CC(F)=C(C(N)=O)C2)C([C@H](Cc2cc(F)cc(F)c2)NC(=O)CNC2=C(C(=N)C(F)(F)F)[C@H]3C[C@H]3C2(F)F)N1. The van der Waals surface area contributed by atoms with E-state index >= 15 is 8.78 Å². The highest BCUT2D eigenvalue weighted by atomic mass is 19.4. The van der Waals surface area contributed by atoms with Crippen molar-refractivity contribution in [2.24, 2.45) is 23.5 Å². The molecule has 16 heteroatoms. The lowest BCUT2D eigenvalue weighted by molar-refractivity contribution is -0.121. The maximum absolute atomic E-state index is 15.1. The molecule has 0 spiro atoms. The number of benzene rings is 1. The van der Waals surface area contributed by atoms with E-state index in [1.54, 1.807) is 6.08 Å². The molecule has 0 saturated heterocycles. The molecule has 2 amide bonds. The van der Waals surface area contributed by atoms with Gasteiger partial charge in [-0.2, -0.15) is 22.0 Å². The van der Waals surface area contributed by atoms with E-state index in [1.165, 1.54) is 26.0 Å². The molecule has 1 aromatic rings. The van der Waals surface area contributed by atoms with Crippen LogP contribution < -0.4 is 21.7 Å². The third kappa shape index (κ3) is 8.36. The molecule has 5 atom stereocenters. The minimum absolute atomic E-state index is 0.0413. The quantitative estimate of drug-likeness (QED) is 0.120. The summed E-state index contributed by atoms with van der Waals surface area (Å²) >= 11 is 0. The zero-order chi connectivity index (χ0) is 37.6. The average molecular weight is 724 g/mol. The summed E-state index contributed by atoms with van der Waals surface area (Å²) in [5.74, 6) is -6.55. The van der Waals surface area contributed by atoms with Gasteiger partial charge in [-0.3, -0.25) is 15.0 Å². The third-order valence-corrected chi connectivity index (χ3v) is 8.86. The number of rotatable bonds is 10. The monoisotopic (exact) mass is 723 g/mol. The smallest absolute Gasteiger partial charge is 0.378 e. The predicted molar refractivity (Wildman–Crippen MR) is 169 cm³/mol. The normalized spacial score (nSPS) is 24.4. The topological polar surface area (TPSA) is 140 Å². The minimum Gasteiger partial charge on any atom is -0.378 e. The van der Waals surface area contributed by atoms with Crippen LogP contribution in [-0.2, 0) is 16.0 Å². The number of nitrogens with one attached hydrogen (secondary N) is 4. The zero-order valence-corrected chi connectivity index (χ0v) is 27.1. The van der Waals surface area contributed by atoms with Crippen LogP contribution in [-0.4, -0.2) is 59.0 Å². The lowest BCUT2D eigenvalue weighted by Gasteiger charge is -2.37. The Bertz CT molecular complexity index is 1860. The van der Waals surface area contributed by atoms with Crippen molar-refractivity contribution in [1.29, 1.82) is 5.41 Å². The summed E-state index contributed by atoms with van der Waals surface area (Å²) in [4.78, 5) is 25.4. The number of hydrogen-bond acceptors (Lipinski definition) is 6. The molecule has 0 radical (unpaired) electrons. The van der Waals surface area contributed by atoms with E-state index in [-0.39, 0.29) is 36.1 Å². The van der Waals surface area contributed by atoms with Crippen LogP contribution in [0.2, 0.25) is 0 Å². The fourth-order valence-electron chi connectivity index (χ4n) is 6.50. The van der Waals surface area contributed by atoms with E-state index in [2.05, 4.69) is 27.8 Å². The van der Waals surface area contributed by atoms with Gasteiger partial charge in [-0.15, -0.1) is 0 Å². The second-order valence-corrected chi connectivity index (χ2v) is 13.3. The van der Waals surface area contributed by atoms with Crippen LogP contribution in [0.5, 0.6) is 0 Å². The molecule has 1 aliphatic heterocycles. The van der Waals surface area contributed by atoms with Gasteiger partial charge in [0.1, 0.15) is 28.8 Å². The van der Waals surface area contributed by atoms with E-state index in [1.807, 2.05) is 0 Å². The highest BCUT2D eigenvalue weighted by molar-refractivity contribution is 6.04. The van der Waals surface area contributed by atoms with Gasteiger partial charge in [-0.1, -0.05) is 18.1 Å². The molecule has 272 valence electrons. The number of amides is 2. The fraction of sp³-hybridized carbons (Fsp3) is 0.400. The highest BCUT2D eigenvalue weighted by Crippen LogP contribution is 2.63. The van der Waals surface area contributed by atoms with Crippen LogP contribution in [0.1, 0.15) is 32.3 Å². The van der Waals surface area contributed by atoms with Crippen LogP contribution >= 0.6 is 0 Å². The summed E-state index contributed by atoms with van der Waals surface area (Å²) in [5, 5.41) is 25.5. The molecule has 1 heterocycles.